The molecule has 39 heavy (non-hydrogen) atoms. The summed E-state index contributed by atoms with van der Waals surface area (Å²) in [4.78, 5) is 47.0. The fourth-order valence-electron chi connectivity index (χ4n) is 6.22. The Morgan fingerprint density at radius 2 is 1.05 bits per heavy atom. The predicted molar refractivity (Wildman–Crippen MR) is 147 cm³/mol. The third kappa shape index (κ3) is 6.79. The van der Waals surface area contributed by atoms with Crippen molar-refractivity contribution in [2.75, 3.05) is 0 Å². The van der Waals surface area contributed by atoms with Crippen molar-refractivity contribution in [3.8, 4) is 0 Å². The lowest BCUT2D eigenvalue weighted by atomic mass is 9.75. The van der Waals surface area contributed by atoms with Gasteiger partial charge in [0.2, 0.25) is 0 Å². The number of benzene rings is 2. The van der Waals surface area contributed by atoms with E-state index in [1.807, 2.05) is 0 Å². The van der Waals surface area contributed by atoms with Gasteiger partial charge in [0.05, 0.1) is 9.85 Å². The van der Waals surface area contributed by atoms with Crippen LogP contribution in [0.25, 0.3) is 0 Å². The van der Waals surface area contributed by atoms with Crippen molar-refractivity contribution < 1.29 is 19.4 Å². The van der Waals surface area contributed by atoms with Crippen molar-refractivity contribution >= 4 is 23.2 Å². The van der Waals surface area contributed by atoms with Crippen molar-refractivity contribution in [2.24, 2.45) is 11.8 Å². The van der Waals surface area contributed by atoms with E-state index in [0.29, 0.717) is 34.1 Å². The monoisotopic (exact) mass is 536 g/mol. The van der Waals surface area contributed by atoms with E-state index in [4.69, 9.17) is 0 Å². The number of nitrogens with zero attached hydrogens (tertiary/aromatic N) is 2. The van der Waals surface area contributed by atoms with Crippen LogP contribution in [-0.4, -0.2) is 33.7 Å². The summed E-state index contributed by atoms with van der Waals surface area (Å²) >= 11 is 0. The molecule has 208 valence electrons. The van der Waals surface area contributed by atoms with Gasteiger partial charge >= 0.3 is 0 Å². The minimum atomic E-state index is -0.461. The first-order valence-corrected chi connectivity index (χ1v) is 13.7. The maximum absolute atomic E-state index is 12.8. The molecule has 0 unspecified atom stereocenters. The number of carbonyl (C=O) groups excluding carboxylic acids is 2. The number of rotatable bonds is 8. The molecule has 0 aliphatic heterocycles. The summed E-state index contributed by atoms with van der Waals surface area (Å²) in [7, 11) is 0. The molecular formula is C29H36N4O6. The predicted octanol–water partition coefficient (Wildman–Crippen LogP) is 5.79. The largest absolute Gasteiger partial charge is 0.349 e. The second-order valence-corrected chi connectivity index (χ2v) is 11.0. The van der Waals surface area contributed by atoms with Crippen molar-refractivity contribution in [1.82, 2.24) is 10.6 Å². The van der Waals surface area contributed by atoms with Gasteiger partial charge in [0, 0.05) is 46.5 Å². The van der Waals surface area contributed by atoms with Crippen LogP contribution >= 0.6 is 0 Å². The number of nitro groups is 2. The molecule has 2 aromatic carbocycles. The van der Waals surface area contributed by atoms with E-state index in [-0.39, 0.29) is 35.3 Å². The Kier molecular flexibility index (Phi) is 8.93. The summed E-state index contributed by atoms with van der Waals surface area (Å²) in [5.74, 6) is 0.725. The minimum absolute atomic E-state index is 0.0419. The maximum Gasteiger partial charge on any atom is 0.273 e. The molecule has 0 atom stereocenters. The van der Waals surface area contributed by atoms with Crippen LogP contribution in [0.5, 0.6) is 0 Å². The lowest BCUT2D eigenvalue weighted by Gasteiger charge is -2.34. The zero-order valence-corrected chi connectivity index (χ0v) is 22.5. The van der Waals surface area contributed by atoms with Gasteiger partial charge in [0.25, 0.3) is 23.2 Å². The van der Waals surface area contributed by atoms with Crippen LogP contribution in [0.3, 0.4) is 0 Å². The fraction of sp³-hybridized carbons (Fsp3) is 0.517. The number of carbonyl (C=O) groups is 2. The van der Waals surface area contributed by atoms with Crippen LogP contribution in [-0.2, 0) is 0 Å². The zero-order chi connectivity index (χ0) is 28.1. The highest BCUT2D eigenvalue weighted by Crippen LogP contribution is 2.36. The SMILES string of the molecule is Cc1c(C(=O)NC2CCC(CC3CCC(NC(=O)c4cccc([N+](=O)[O-])c4C)CC3)CC2)cccc1[N+](=O)[O-]. The van der Waals surface area contributed by atoms with E-state index in [1.54, 1.807) is 38.1 Å². The lowest BCUT2D eigenvalue weighted by Crippen LogP contribution is -2.39. The molecular weight excluding hydrogens is 500 g/mol. The molecule has 10 nitrogen and oxygen atoms in total. The van der Waals surface area contributed by atoms with Gasteiger partial charge in [-0.1, -0.05) is 12.1 Å². The summed E-state index contributed by atoms with van der Waals surface area (Å²) in [6.07, 6.45) is 8.93. The van der Waals surface area contributed by atoms with Gasteiger partial charge in [0.15, 0.2) is 0 Å². The van der Waals surface area contributed by atoms with E-state index in [1.165, 1.54) is 12.1 Å². The Balaban J connectivity index is 1.20. The summed E-state index contributed by atoms with van der Waals surface area (Å²) in [6, 6.07) is 9.34. The highest BCUT2D eigenvalue weighted by atomic mass is 16.6. The Bertz CT molecular complexity index is 1150. The van der Waals surface area contributed by atoms with Gasteiger partial charge in [-0.3, -0.25) is 29.8 Å². The highest BCUT2D eigenvalue weighted by Gasteiger charge is 2.29. The van der Waals surface area contributed by atoms with E-state index < -0.39 is 9.85 Å². The molecule has 0 bridgehead atoms. The molecule has 2 aromatic rings. The van der Waals surface area contributed by atoms with Crippen LogP contribution in [0.1, 0.15) is 89.6 Å². The van der Waals surface area contributed by atoms with E-state index in [2.05, 4.69) is 10.6 Å². The summed E-state index contributed by atoms with van der Waals surface area (Å²) in [6.45, 7) is 3.22. The Morgan fingerprint density at radius 1 is 0.692 bits per heavy atom. The van der Waals surface area contributed by atoms with Crippen LogP contribution in [0, 0.1) is 45.9 Å². The van der Waals surface area contributed by atoms with Crippen molar-refractivity contribution in [2.45, 2.75) is 83.7 Å². The van der Waals surface area contributed by atoms with Gasteiger partial charge in [-0.15, -0.1) is 0 Å². The summed E-state index contributed by atoms with van der Waals surface area (Å²) < 4.78 is 0. The third-order valence-electron chi connectivity index (χ3n) is 8.52. The number of amides is 2. The second-order valence-electron chi connectivity index (χ2n) is 11.0. The van der Waals surface area contributed by atoms with Crippen molar-refractivity contribution in [3.05, 3.63) is 78.9 Å². The van der Waals surface area contributed by atoms with Crippen molar-refractivity contribution in [1.29, 1.82) is 0 Å². The van der Waals surface area contributed by atoms with Crippen LogP contribution in [0.2, 0.25) is 0 Å². The van der Waals surface area contributed by atoms with Gasteiger partial charge in [-0.2, -0.15) is 0 Å². The first-order valence-electron chi connectivity index (χ1n) is 13.7. The van der Waals surface area contributed by atoms with Crippen LogP contribution in [0.15, 0.2) is 36.4 Å². The molecule has 2 aliphatic rings. The Hall–Kier alpha value is -3.82. The van der Waals surface area contributed by atoms with Gasteiger partial charge in [-0.05, 0) is 95.6 Å². The molecule has 2 saturated carbocycles. The average Bonchev–Trinajstić information content (AvgIpc) is 2.90. The first-order chi connectivity index (χ1) is 18.6. The quantitative estimate of drug-likeness (QED) is 0.323. The van der Waals surface area contributed by atoms with Gasteiger partial charge in [-0.25, -0.2) is 0 Å². The standard InChI is InChI=1S/C29H36N4O6/c1-18-24(5-3-7-26(18)32(36)37)28(34)30-22-13-9-20(10-14-22)17-21-11-15-23(16-12-21)31-29(35)25-6-4-8-27(19(25)2)33(38)39/h3-8,20-23H,9-17H2,1-2H3,(H,30,34)(H,31,35). The first kappa shape index (κ1) is 28.2. The number of nitrogens with one attached hydrogen (secondary N) is 2. The fourth-order valence-corrected chi connectivity index (χ4v) is 6.22. The number of nitro benzene ring substituents is 2. The average molecular weight is 537 g/mol. The molecule has 0 spiro atoms. The molecule has 0 aromatic heterocycles. The van der Waals surface area contributed by atoms with Gasteiger partial charge in [0.1, 0.15) is 0 Å². The maximum atomic E-state index is 12.8. The number of hydrogen-bond acceptors (Lipinski definition) is 6. The Labute approximate surface area is 227 Å². The van der Waals surface area contributed by atoms with Crippen LogP contribution in [0.4, 0.5) is 11.4 Å². The third-order valence-corrected chi connectivity index (χ3v) is 8.52. The Morgan fingerprint density at radius 3 is 1.38 bits per heavy atom. The smallest absolute Gasteiger partial charge is 0.273 e. The molecule has 0 heterocycles. The molecule has 2 fully saturated rings. The second kappa shape index (κ2) is 12.4. The summed E-state index contributed by atoms with van der Waals surface area (Å²) in [5, 5.41) is 28.5. The molecule has 0 radical (unpaired) electrons. The van der Waals surface area contributed by atoms with E-state index in [0.717, 1.165) is 57.8 Å². The van der Waals surface area contributed by atoms with Crippen molar-refractivity contribution in [3.63, 3.8) is 0 Å². The normalized spacial score (nSPS) is 23.0. The molecule has 4 rings (SSSR count). The number of hydrogen-bond donors (Lipinski definition) is 2. The van der Waals surface area contributed by atoms with Gasteiger partial charge < -0.3 is 10.6 Å². The molecule has 2 N–H and O–H groups in total. The molecule has 2 aliphatic carbocycles. The molecule has 0 saturated heterocycles. The van der Waals surface area contributed by atoms with E-state index in [9.17, 15) is 29.8 Å². The minimum Gasteiger partial charge on any atom is -0.349 e. The molecule has 10 heteroatoms. The van der Waals surface area contributed by atoms with E-state index >= 15 is 0 Å². The molecule has 2 amide bonds. The van der Waals surface area contributed by atoms with Crippen LogP contribution < -0.4 is 10.6 Å². The topological polar surface area (TPSA) is 144 Å². The lowest BCUT2D eigenvalue weighted by molar-refractivity contribution is -0.385. The zero-order valence-electron chi connectivity index (χ0n) is 22.5. The summed E-state index contributed by atoms with van der Waals surface area (Å²) in [5.41, 5.74) is 1.41. The highest BCUT2D eigenvalue weighted by molar-refractivity contribution is 5.97.